The van der Waals surface area contributed by atoms with Crippen LogP contribution in [0.1, 0.15) is 39.0 Å². The van der Waals surface area contributed by atoms with Crippen molar-refractivity contribution in [2.75, 3.05) is 7.11 Å². The number of benzene rings is 3. The lowest BCUT2D eigenvalue weighted by Crippen LogP contribution is -2.07. The van der Waals surface area contributed by atoms with Crippen molar-refractivity contribution >= 4 is 23.1 Å². The first kappa shape index (κ1) is 24.5. The lowest BCUT2D eigenvalue weighted by atomic mass is 10.0. The fraction of sp³-hybridized carbons (Fsp3) is 0.179. The predicted octanol–water partition coefficient (Wildman–Crippen LogP) is 7.40. The molecule has 0 atom stereocenters. The van der Waals surface area contributed by atoms with Crippen molar-refractivity contribution in [3.63, 3.8) is 0 Å². The van der Waals surface area contributed by atoms with Crippen LogP contribution in [-0.2, 0) is 0 Å². The molecule has 3 aromatic carbocycles. The number of hydrogen-bond acceptors (Lipinski definition) is 4. The molecule has 1 heterocycles. The highest BCUT2D eigenvalue weighted by atomic mass is 16.5. The molecule has 0 aliphatic heterocycles. The van der Waals surface area contributed by atoms with Gasteiger partial charge in [0, 0.05) is 5.56 Å². The molecule has 0 aliphatic carbocycles. The molecule has 1 aromatic heterocycles. The van der Waals surface area contributed by atoms with Crippen molar-refractivity contribution in [2.24, 2.45) is 0 Å². The van der Waals surface area contributed by atoms with Gasteiger partial charge in [-0.3, -0.25) is 4.79 Å². The molecule has 1 N–H and O–H groups in total. The van der Waals surface area contributed by atoms with Crippen LogP contribution in [0.4, 0.5) is 0 Å². The smallest absolute Gasteiger partial charge is 0.201 e. The minimum absolute atomic E-state index is 0.0330. The highest BCUT2D eigenvalue weighted by Gasteiger charge is 2.14. The van der Waals surface area contributed by atoms with Crippen LogP contribution in [0, 0.1) is 0 Å². The summed E-state index contributed by atoms with van der Waals surface area (Å²) in [4.78, 5) is 13.2. The molecular weight excluding hydrogens is 400 g/mol. The average molecular weight is 431 g/mol. The quantitative estimate of drug-likeness (QED) is 0.366. The third-order valence-electron chi connectivity index (χ3n) is 4.55. The lowest BCUT2D eigenvalue weighted by Gasteiger charge is -2.08. The van der Waals surface area contributed by atoms with Gasteiger partial charge in [-0.25, -0.2) is 0 Å². The van der Waals surface area contributed by atoms with Gasteiger partial charge in [0.25, 0.3) is 0 Å². The molecule has 0 fully saturated rings. The fourth-order valence-corrected chi connectivity index (χ4v) is 3.16. The summed E-state index contributed by atoms with van der Waals surface area (Å²) in [5.41, 5.74) is 2.24. The van der Waals surface area contributed by atoms with E-state index in [4.69, 9.17) is 9.15 Å². The molecule has 0 radical (unpaired) electrons. The zero-order chi connectivity index (χ0) is 23.5. The summed E-state index contributed by atoms with van der Waals surface area (Å²) < 4.78 is 11.2. The number of para-hydroxylation sites is 2. The van der Waals surface area contributed by atoms with Crippen LogP contribution in [0.25, 0.3) is 34.2 Å². The van der Waals surface area contributed by atoms with Crippen LogP contribution in [0.3, 0.4) is 0 Å². The van der Waals surface area contributed by atoms with E-state index in [1.54, 1.807) is 42.5 Å². The summed E-state index contributed by atoms with van der Waals surface area (Å²) in [7, 11) is 1.50. The minimum Gasteiger partial charge on any atom is -0.504 e. The van der Waals surface area contributed by atoms with Gasteiger partial charge in [-0.2, -0.15) is 0 Å². The lowest BCUT2D eigenvalue weighted by molar-refractivity contribution is 0.373. The van der Waals surface area contributed by atoms with E-state index in [0.29, 0.717) is 33.6 Å². The van der Waals surface area contributed by atoms with Gasteiger partial charge >= 0.3 is 0 Å². The van der Waals surface area contributed by atoms with Crippen molar-refractivity contribution in [3.8, 4) is 22.6 Å². The SMILES string of the molecule is CC.CC.COc1cccc(/C=C/c2oc3ccccc3c(=O)c2-c2ccccc2)c1O. The van der Waals surface area contributed by atoms with Gasteiger partial charge in [0.1, 0.15) is 11.3 Å². The average Bonchev–Trinajstić information content (AvgIpc) is 2.86. The Hall–Kier alpha value is -3.79. The maximum absolute atomic E-state index is 13.2. The maximum Gasteiger partial charge on any atom is 0.201 e. The highest BCUT2D eigenvalue weighted by molar-refractivity contribution is 5.87. The number of phenols is 1. The summed E-state index contributed by atoms with van der Waals surface area (Å²) in [6.45, 7) is 8.00. The topological polar surface area (TPSA) is 59.7 Å². The number of fused-ring (bicyclic) bond motifs is 1. The molecule has 0 saturated carbocycles. The van der Waals surface area contributed by atoms with Crippen LogP contribution >= 0.6 is 0 Å². The standard InChI is InChI=1S/C24H18O4.2C2H6/c1-27-21-13-7-10-17(23(21)25)14-15-20-22(16-8-3-2-4-9-16)24(26)18-11-5-6-12-19(18)28-20;2*1-2/h2-15,25H,1H3;2*1-2H3/b15-14+;;. The first-order valence-electron chi connectivity index (χ1n) is 10.8. The molecule has 0 amide bonds. The Morgan fingerprint density at radius 2 is 1.47 bits per heavy atom. The van der Waals surface area contributed by atoms with Crippen LogP contribution in [-0.4, -0.2) is 12.2 Å². The van der Waals surface area contributed by atoms with E-state index >= 15 is 0 Å². The predicted molar refractivity (Wildman–Crippen MR) is 134 cm³/mol. The van der Waals surface area contributed by atoms with Crippen LogP contribution < -0.4 is 10.2 Å². The fourth-order valence-electron chi connectivity index (χ4n) is 3.16. The van der Waals surface area contributed by atoms with Gasteiger partial charge < -0.3 is 14.3 Å². The third-order valence-corrected chi connectivity index (χ3v) is 4.55. The van der Waals surface area contributed by atoms with Crippen molar-refractivity contribution in [1.82, 2.24) is 0 Å². The molecular formula is C28H30O4. The second-order valence-electron chi connectivity index (χ2n) is 6.26. The maximum atomic E-state index is 13.2. The van der Waals surface area contributed by atoms with E-state index in [1.807, 2.05) is 70.2 Å². The van der Waals surface area contributed by atoms with Gasteiger partial charge in [-0.05, 0) is 35.9 Å². The van der Waals surface area contributed by atoms with E-state index in [1.165, 1.54) is 7.11 Å². The molecule has 0 bridgehead atoms. The number of hydrogen-bond donors (Lipinski definition) is 1. The van der Waals surface area contributed by atoms with E-state index in [2.05, 4.69) is 0 Å². The summed E-state index contributed by atoms with van der Waals surface area (Å²) in [5, 5.41) is 10.8. The van der Waals surface area contributed by atoms with Crippen LogP contribution in [0.2, 0.25) is 0 Å². The zero-order valence-electron chi connectivity index (χ0n) is 19.3. The molecule has 4 aromatic rings. The second kappa shape index (κ2) is 12.2. The van der Waals surface area contributed by atoms with Crippen LogP contribution in [0.15, 0.2) is 82.0 Å². The normalized spacial score (nSPS) is 10.2. The van der Waals surface area contributed by atoms with E-state index < -0.39 is 0 Å². The number of aromatic hydroxyl groups is 1. The van der Waals surface area contributed by atoms with Gasteiger partial charge in [0.2, 0.25) is 5.43 Å². The van der Waals surface area contributed by atoms with Crippen molar-refractivity contribution in [1.29, 1.82) is 0 Å². The van der Waals surface area contributed by atoms with Crippen molar-refractivity contribution < 1.29 is 14.3 Å². The number of rotatable bonds is 4. The summed E-state index contributed by atoms with van der Waals surface area (Å²) in [6, 6.07) is 21.8. The largest absolute Gasteiger partial charge is 0.504 e. The Kier molecular flexibility index (Phi) is 9.30. The van der Waals surface area contributed by atoms with Crippen LogP contribution in [0.5, 0.6) is 11.5 Å². The Bertz CT molecular complexity index is 1220. The molecule has 0 aliphatic rings. The van der Waals surface area contributed by atoms with Crippen molar-refractivity contribution in [3.05, 3.63) is 94.3 Å². The van der Waals surface area contributed by atoms with Gasteiger partial charge in [0.05, 0.1) is 18.1 Å². The molecule has 4 heteroatoms. The second-order valence-corrected chi connectivity index (χ2v) is 6.26. The van der Waals surface area contributed by atoms with E-state index in [9.17, 15) is 9.90 Å². The Balaban J connectivity index is 0.000000860. The number of phenolic OH excluding ortho intramolecular Hbond substituents is 1. The Labute approximate surface area is 189 Å². The monoisotopic (exact) mass is 430 g/mol. The van der Waals surface area contributed by atoms with Gasteiger partial charge in [-0.1, -0.05) is 82.3 Å². The Morgan fingerprint density at radius 1 is 0.812 bits per heavy atom. The highest BCUT2D eigenvalue weighted by Crippen LogP contribution is 2.32. The third kappa shape index (κ3) is 5.27. The molecule has 4 rings (SSSR count). The molecule has 0 saturated heterocycles. The van der Waals surface area contributed by atoms with Gasteiger partial charge in [0.15, 0.2) is 11.5 Å². The van der Waals surface area contributed by atoms with E-state index in [-0.39, 0.29) is 11.2 Å². The van der Waals surface area contributed by atoms with Gasteiger partial charge in [-0.15, -0.1) is 0 Å². The van der Waals surface area contributed by atoms with Crippen molar-refractivity contribution in [2.45, 2.75) is 27.7 Å². The first-order chi connectivity index (χ1) is 15.7. The molecule has 4 nitrogen and oxygen atoms in total. The number of methoxy groups -OCH3 is 1. The van der Waals surface area contributed by atoms with E-state index in [0.717, 1.165) is 5.56 Å². The summed E-state index contributed by atoms with van der Waals surface area (Å²) in [5.74, 6) is 0.841. The zero-order valence-corrected chi connectivity index (χ0v) is 19.3. The molecule has 166 valence electrons. The first-order valence-corrected chi connectivity index (χ1v) is 10.8. The minimum atomic E-state index is -0.0948. The molecule has 0 unspecified atom stereocenters. The molecule has 32 heavy (non-hydrogen) atoms. The molecule has 0 spiro atoms. The summed E-state index contributed by atoms with van der Waals surface area (Å²) in [6.07, 6.45) is 3.40. The number of ether oxygens (including phenoxy) is 1. The summed E-state index contributed by atoms with van der Waals surface area (Å²) >= 11 is 0. The Morgan fingerprint density at radius 3 is 2.16 bits per heavy atom.